The fourth-order valence-electron chi connectivity index (χ4n) is 1.87. The molecule has 18 heavy (non-hydrogen) atoms. The van der Waals surface area contributed by atoms with Gasteiger partial charge in [-0.05, 0) is 25.7 Å². The molecule has 2 N–H and O–H groups in total. The Hall–Kier alpha value is -1.21. The number of hydrogen-bond acceptors (Lipinski definition) is 6. The van der Waals surface area contributed by atoms with Crippen LogP contribution in [0.15, 0.2) is 0 Å². The number of anilines is 1. The van der Waals surface area contributed by atoms with Gasteiger partial charge in [0.25, 0.3) is 5.91 Å². The molecule has 2 heterocycles. The summed E-state index contributed by atoms with van der Waals surface area (Å²) in [6, 6.07) is 0. The lowest BCUT2D eigenvalue weighted by Gasteiger charge is -2.22. The van der Waals surface area contributed by atoms with Crippen molar-refractivity contribution in [3.05, 3.63) is 5.01 Å². The average molecular weight is 270 g/mol. The molecule has 1 aliphatic heterocycles. The molecule has 100 valence electrons. The van der Waals surface area contributed by atoms with Crippen molar-refractivity contribution in [1.82, 2.24) is 15.5 Å². The maximum absolute atomic E-state index is 11.7. The maximum atomic E-state index is 11.7. The second kappa shape index (κ2) is 6.65. The van der Waals surface area contributed by atoms with Gasteiger partial charge in [0.2, 0.25) is 10.1 Å². The molecule has 1 aliphatic rings. The van der Waals surface area contributed by atoms with Crippen LogP contribution in [0.2, 0.25) is 0 Å². The Morgan fingerprint density at radius 2 is 2.39 bits per heavy atom. The van der Waals surface area contributed by atoms with Gasteiger partial charge in [0.15, 0.2) is 0 Å². The van der Waals surface area contributed by atoms with Crippen LogP contribution < -0.4 is 10.6 Å². The van der Waals surface area contributed by atoms with E-state index in [0.717, 1.165) is 25.9 Å². The van der Waals surface area contributed by atoms with Gasteiger partial charge < -0.3 is 15.4 Å². The summed E-state index contributed by atoms with van der Waals surface area (Å²) in [5.74, 6) is -0.162. The second-order valence-corrected chi connectivity index (χ2v) is 5.17. The summed E-state index contributed by atoms with van der Waals surface area (Å²) < 4.78 is 5.60. The third kappa shape index (κ3) is 3.64. The molecule has 2 rings (SSSR count). The highest BCUT2D eigenvalue weighted by Gasteiger charge is 2.15. The van der Waals surface area contributed by atoms with Gasteiger partial charge in [-0.1, -0.05) is 11.3 Å². The van der Waals surface area contributed by atoms with Gasteiger partial charge in [0.1, 0.15) is 0 Å². The Balaban J connectivity index is 1.70. The van der Waals surface area contributed by atoms with Crippen molar-refractivity contribution in [2.75, 3.05) is 25.5 Å². The third-order valence-electron chi connectivity index (χ3n) is 2.86. The van der Waals surface area contributed by atoms with Gasteiger partial charge in [0, 0.05) is 20.2 Å². The van der Waals surface area contributed by atoms with Crippen molar-refractivity contribution in [2.45, 2.75) is 31.8 Å². The van der Waals surface area contributed by atoms with E-state index in [9.17, 15) is 4.79 Å². The van der Waals surface area contributed by atoms with Crippen LogP contribution in [0.3, 0.4) is 0 Å². The van der Waals surface area contributed by atoms with Crippen LogP contribution in [0, 0.1) is 0 Å². The fraction of sp³-hybridized carbons (Fsp3) is 0.727. The van der Waals surface area contributed by atoms with Gasteiger partial charge in [-0.15, -0.1) is 10.2 Å². The highest BCUT2D eigenvalue weighted by Crippen LogP contribution is 2.16. The predicted octanol–water partition coefficient (Wildman–Crippen LogP) is 1.27. The lowest BCUT2D eigenvalue weighted by molar-refractivity contribution is 0.0117. The summed E-state index contributed by atoms with van der Waals surface area (Å²) in [7, 11) is 1.75. The summed E-state index contributed by atoms with van der Waals surface area (Å²) in [4.78, 5) is 11.7. The fourth-order valence-corrected chi connectivity index (χ4v) is 2.49. The molecule has 0 aliphatic carbocycles. The summed E-state index contributed by atoms with van der Waals surface area (Å²) in [5, 5.41) is 14.4. The van der Waals surface area contributed by atoms with Crippen LogP contribution in [0.25, 0.3) is 0 Å². The van der Waals surface area contributed by atoms with Crippen molar-refractivity contribution in [3.63, 3.8) is 0 Å². The quantitative estimate of drug-likeness (QED) is 0.842. The normalized spacial score (nSPS) is 19.5. The second-order valence-electron chi connectivity index (χ2n) is 4.20. The number of carbonyl (C=O) groups excluding carboxylic acids is 1. The highest BCUT2D eigenvalue weighted by atomic mass is 32.1. The molecule has 1 amide bonds. The van der Waals surface area contributed by atoms with Gasteiger partial charge in [-0.2, -0.15) is 0 Å². The molecular weight excluding hydrogens is 252 g/mol. The van der Waals surface area contributed by atoms with Crippen molar-refractivity contribution in [3.8, 4) is 0 Å². The van der Waals surface area contributed by atoms with Gasteiger partial charge >= 0.3 is 0 Å². The largest absolute Gasteiger partial charge is 0.378 e. The lowest BCUT2D eigenvalue weighted by Crippen LogP contribution is -2.29. The van der Waals surface area contributed by atoms with Crippen LogP contribution >= 0.6 is 11.3 Å². The number of carbonyl (C=O) groups is 1. The number of nitrogens with one attached hydrogen (secondary N) is 2. The van der Waals surface area contributed by atoms with E-state index < -0.39 is 0 Å². The summed E-state index contributed by atoms with van der Waals surface area (Å²) in [5.41, 5.74) is 0. The monoisotopic (exact) mass is 270 g/mol. The van der Waals surface area contributed by atoms with E-state index in [4.69, 9.17) is 4.74 Å². The molecule has 0 saturated carbocycles. The van der Waals surface area contributed by atoms with Crippen molar-refractivity contribution < 1.29 is 9.53 Å². The minimum Gasteiger partial charge on any atom is -0.378 e. The van der Waals surface area contributed by atoms with Crippen LogP contribution in [0.1, 0.15) is 35.5 Å². The van der Waals surface area contributed by atoms with E-state index in [1.807, 2.05) is 0 Å². The maximum Gasteiger partial charge on any atom is 0.282 e. The first kappa shape index (κ1) is 13.2. The number of hydrogen-bond donors (Lipinski definition) is 2. The molecule has 0 spiro atoms. The summed E-state index contributed by atoms with van der Waals surface area (Å²) in [6.07, 6.45) is 4.63. The van der Waals surface area contributed by atoms with Crippen LogP contribution in [-0.4, -0.2) is 42.4 Å². The molecule has 0 aromatic carbocycles. The van der Waals surface area contributed by atoms with Crippen LogP contribution in [0.4, 0.5) is 5.13 Å². The molecule has 7 heteroatoms. The molecule has 0 radical (unpaired) electrons. The number of amides is 1. The first-order valence-electron chi connectivity index (χ1n) is 6.20. The Bertz CT molecular complexity index is 390. The molecule has 6 nitrogen and oxygen atoms in total. The first-order chi connectivity index (χ1) is 8.79. The topological polar surface area (TPSA) is 76.1 Å². The van der Waals surface area contributed by atoms with Gasteiger partial charge in [-0.3, -0.25) is 4.79 Å². The molecule has 1 fully saturated rings. The number of ether oxygens (including phenoxy) is 1. The van der Waals surface area contributed by atoms with Gasteiger partial charge in [-0.25, -0.2) is 0 Å². The van der Waals surface area contributed by atoms with Crippen LogP contribution in [-0.2, 0) is 4.74 Å². The van der Waals surface area contributed by atoms with Crippen LogP contribution in [0.5, 0.6) is 0 Å². The number of rotatable bonds is 5. The smallest absolute Gasteiger partial charge is 0.282 e. The third-order valence-corrected chi connectivity index (χ3v) is 3.80. The zero-order chi connectivity index (χ0) is 12.8. The zero-order valence-corrected chi connectivity index (χ0v) is 11.3. The lowest BCUT2D eigenvalue weighted by atomic mass is 10.1. The van der Waals surface area contributed by atoms with Crippen molar-refractivity contribution in [2.24, 2.45) is 0 Å². The van der Waals surface area contributed by atoms with E-state index in [1.165, 1.54) is 17.8 Å². The average Bonchev–Trinajstić information content (AvgIpc) is 2.89. The summed E-state index contributed by atoms with van der Waals surface area (Å²) >= 11 is 1.25. The minimum atomic E-state index is -0.162. The number of aromatic nitrogens is 2. The molecular formula is C11H18N4O2S. The standard InChI is InChI=1S/C11H18N4O2S/c1-12-11-15-14-10(18-11)9(16)13-6-5-8-4-2-3-7-17-8/h8H,2-7H2,1H3,(H,12,15)(H,13,16). The van der Waals surface area contributed by atoms with Crippen molar-refractivity contribution in [1.29, 1.82) is 0 Å². The van der Waals surface area contributed by atoms with Crippen molar-refractivity contribution >= 4 is 22.4 Å². The molecule has 1 aromatic rings. The molecule has 1 aromatic heterocycles. The molecule has 0 bridgehead atoms. The SMILES string of the molecule is CNc1nnc(C(=O)NCCC2CCCCO2)s1. The summed E-state index contributed by atoms with van der Waals surface area (Å²) in [6.45, 7) is 1.47. The minimum absolute atomic E-state index is 0.162. The predicted molar refractivity (Wildman–Crippen MR) is 70.0 cm³/mol. The molecule has 1 saturated heterocycles. The van der Waals surface area contributed by atoms with Gasteiger partial charge in [0.05, 0.1) is 6.10 Å². The Kier molecular flexibility index (Phi) is 4.89. The van der Waals surface area contributed by atoms with E-state index in [0.29, 0.717) is 22.8 Å². The first-order valence-corrected chi connectivity index (χ1v) is 7.02. The Morgan fingerprint density at radius 1 is 1.50 bits per heavy atom. The highest BCUT2D eigenvalue weighted by molar-refractivity contribution is 7.17. The zero-order valence-electron chi connectivity index (χ0n) is 10.4. The van der Waals surface area contributed by atoms with E-state index >= 15 is 0 Å². The van der Waals surface area contributed by atoms with E-state index in [1.54, 1.807) is 7.05 Å². The Labute approximate surface area is 110 Å². The molecule has 1 atom stereocenters. The van der Waals surface area contributed by atoms with E-state index in [2.05, 4.69) is 20.8 Å². The Morgan fingerprint density at radius 3 is 3.06 bits per heavy atom. The van der Waals surface area contributed by atoms with E-state index in [-0.39, 0.29) is 5.91 Å². The molecule has 1 unspecified atom stereocenters. The number of nitrogens with zero attached hydrogens (tertiary/aromatic N) is 2.